The molecule has 2 rings (SSSR count). The Balaban J connectivity index is 2.55. The zero-order valence-corrected chi connectivity index (χ0v) is 8.47. The van der Waals surface area contributed by atoms with Crippen LogP contribution in [0.4, 0.5) is 5.95 Å². The first-order valence-electron chi connectivity index (χ1n) is 4.17. The number of nitrogens with zero attached hydrogens (tertiary/aromatic N) is 3. The number of aromatic nitrogens is 2. The zero-order chi connectivity index (χ0) is 10.8. The zero-order valence-electron chi connectivity index (χ0n) is 7.65. The van der Waals surface area contributed by atoms with E-state index >= 15 is 0 Å². The molecule has 0 aliphatic carbocycles. The molecule has 0 unspecified atom stereocenters. The minimum atomic E-state index is -0.352. The Bertz CT molecular complexity index is 602. The monoisotopic (exact) mass is 221 g/mol. The fourth-order valence-electron chi connectivity index (χ4n) is 1.10. The predicted octanol–water partition coefficient (Wildman–Crippen LogP) is -1.09. The van der Waals surface area contributed by atoms with Gasteiger partial charge in [0, 0.05) is 6.54 Å². The van der Waals surface area contributed by atoms with E-state index in [1.807, 2.05) is 0 Å². The van der Waals surface area contributed by atoms with Gasteiger partial charge < -0.3 is 5.32 Å². The maximum Gasteiger partial charge on any atom is 0.280 e. The summed E-state index contributed by atoms with van der Waals surface area (Å²) in [6.45, 7) is 4.04. The third-order valence-corrected chi connectivity index (χ3v) is 1.88. The van der Waals surface area contributed by atoms with Crippen molar-refractivity contribution < 1.29 is 0 Å². The van der Waals surface area contributed by atoms with E-state index in [2.05, 4.69) is 31.8 Å². The Morgan fingerprint density at radius 3 is 3.07 bits per heavy atom. The maximum absolute atomic E-state index is 11.5. The molecule has 1 aromatic rings. The van der Waals surface area contributed by atoms with Gasteiger partial charge in [0.05, 0.1) is 0 Å². The van der Waals surface area contributed by atoms with Crippen LogP contribution in [0.2, 0.25) is 0 Å². The van der Waals surface area contributed by atoms with Gasteiger partial charge in [-0.3, -0.25) is 9.78 Å². The van der Waals surface area contributed by atoms with Crippen LogP contribution in [0.25, 0.3) is 0 Å². The molecule has 0 bridgehead atoms. The molecule has 7 heteroatoms. The number of nitrogens with one attached hydrogen (secondary N) is 2. The van der Waals surface area contributed by atoms with Crippen LogP contribution in [0.15, 0.2) is 27.4 Å². The minimum Gasteiger partial charge on any atom is -0.352 e. The molecular formula is C8H7N5OS. The van der Waals surface area contributed by atoms with Crippen LogP contribution in [0.1, 0.15) is 0 Å². The largest absolute Gasteiger partial charge is 0.352 e. The van der Waals surface area contributed by atoms with E-state index in [-0.39, 0.29) is 21.5 Å². The van der Waals surface area contributed by atoms with Crippen LogP contribution in [-0.2, 0) is 0 Å². The Labute approximate surface area is 89.5 Å². The van der Waals surface area contributed by atoms with Crippen molar-refractivity contribution in [2.75, 3.05) is 11.9 Å². The summed E-state index contributed by atoms with van der Waals surface area (Å²) in [4.78, 5) is 25.7. The first kappa shape index (κ1) is 9.66. The van der Waals surface area contributed by atoms with Crippen LogP contribution in [0.3, 0.4) is 0 Å². The highest BCUT2D eigenvalue weighted by Crippen LogP contribution is 1.88. The lowest BCUT2D eigenvalue weighted by molar-refractivity contribution is 1.00. The Morgan fingerprint density at radius 2 is 2.33 bits per heavy atom. The molecule has 15 heavy (non-hydrogen) atoms. The van der Waals surface area contributed by atoms with Crippen molar-refractivity contribution in [1.29, 1.82) is 0 Å². The van der Waals surface area contributed by atoms with Crippen molar-refractivity contribution in [3.63, 3.8) is 0 Å². The minimum absolute atomic E-state index is 0.129. The van der Waals surface area contributed by atoms with E-state index in [0.717, 1.165) is 0 Å². The molecule has 2 heterocycles. The van der Waals surface area contributed by atoms with Gasteiger partial charge in [-0.05, 0) is 12.2 Å². The Hall–Kier alpha value is -1.89. The molecule has 0 spiro atoms. The van der Waals surface area contributed by atoms with Gasteiger partial charge in [0.25, 0.3) is 5.56 Å². The number of H-pyrrole nitrogens is 1. The lowest BCUT2D eigenvalue weighted by atomic mass is 10.5. The average molecular weight is 221 g/mol. The van der Waals surface area contributed by atoms with E-state index < -0.39 is 0 Å². The van der Waals surface area contributed by atoms with Gasteiger partial charge in [-0.2, -0.15) is 9.98 Å². The molecule has 0 atom stereocenters. The molecule has 0 saturated heterocycles. The van der Waals surface area contributed by atoms with Gasteiger partial charge in [-0.1, -0.05) is 6.08 Å². The second kappa shape index (κ2) is 3.70. The number of hydrogen-bond acceptors (Lipinski definition) is 4. The van der Waals surface area contributed by atoms with Crippen LogP contribution in [-0.4, -0.2) is 21.6 Å². The highest BCUT2D eigenvalue weighted by Gasteiger charge is 2.08. The molecule has 6 nitrogen and oxygen atoms in total. The summed E-state index contributed by atoms with van der Waals surface area (Å²) < 4.78 is 0. The van der Waals surface area contributed by atoms with Gasteiger partial charge in [0.15, 0.2) is 10.8 Å². The van der Waals surface area contributed by atoms with Gasteiger partial charge in [-0.25, -0.2) is 4.99 Å². The number of hydrogen-bond donors (Lipinski definition) is 2. The smallest absolute Gasteiger partial charge is 0.280 e. The highest BCUT2D eigenvalue weighted by molar-refractivity contribution is 7.80. The third kappa shape index (κ3) is 1.82. The van der Waals surface area contributed by atoms with Crippen molar-refractivity contribution in [2.24, 2.45) is 9.98 Å². The van der Waals surface area contributed by atoms with Crippen molar-refractivity contribution in [2.45, 2.75) is 0 Å². The number of rotatable bonds is 3. The molecule has 0 fully saturated rings. The van der Waals surface area contributed by atoms with Crippen molar-refractivity contribution in [3.8, 4) is 0 Å². The fourth-order valence-corrected chi connectivity index (χ4v) is 1.28. The maximum atomic E-state index is 11.5. The summed E-state index contributed by atoms with van der Waals surface area (Å²) in [5.74, 6) is 0.335. The highest BCUT2D eigenvalue weighted by atomic mass is 32.1. The molecular weight excluding hydrogens is 214 g/mol. The molecule has 0 radical (unpaired) electrons. The number of anilines is 1. The molecule has 1 aromatic heterocycles. The second-order valence-electron chi connectivity index (χ2n) is 2.76. The molecule has 1 aliphatic heterocycles. The van der Waals surface area contributed by atoms with E-state index in [9.17, 15) is 4.79 Å². The third-order valence-electron chi connectivity index (χ3n) is 1.70. The second-order valence-corrected chi connectivity index (χ2v) is 3.13. The SMILES string of the molecule is C=CCNc1nc2c(c(=O)[nH]1)=NC(=S)N=2. The van der Waals surface area contributed by atoms with Crippen LogP contribution < -0.4 is 21.7 Å². The number of fused-ring (bicyclic) bond motifs is 1. The molecule has 0 aromatic carbocycles. The normalized spacial score (nSPS) is 12.7. The Morgan fingerprint density at radius 1 is 1.53 bits per heavy atom. The van der Waals surface area contributed by atoms with Gasteiger partial charge in [-0.15, -0.1) is 6.58 Å². The fraction of sp³-hybridized carbons (Fsp3) is 0.125. The summed E-state index contributed by atoms with van der Waals surface area (Å²) in [6, 6.07) is 0. The topological polar surface area (TPSA) is 82.5 Å². The van der Waals surface area contributed by atoms with E-state index in [0.29, 0.717) is 12.5 Å². The predicted molar refractivity (Wildman–Crippen MR) is 58.5 cm³/mol. The number of thiocarbonyl (C=S) groups is 1. The van der Waals surface area contributed by atoms with Crippen LogP contribution in [0, 0.1) is 0 Å². The molecule has 2 N–H and O–H groups in total. The summed E-state index contributed by atoms with van der Waals surface area (Å²) in [5, 5.41) is 3.15. The van der Waals surface area contributed by atoms with E-state index in [1.54, 1.807) is 6.08 Å². The lowest BCUT2D eigenvalue weighted by Crippen LogP contribution is -2.41. The van der Waals surface area contributed by atoms with Crippen molar-refractivity contribution in [1.82, 2.24) is 9.97 Å². The summed E-state index contributed by atoms with van der Waals surface area (Å²) in [5.41, 5.74) is -0.0922. The van der Waals surface area contributed by atoms with Crippen LogP contribution >= 0.6 is 12.2 Å². The first-order valence-corrected chi connectivity index (χ1v) is 4.58. The van der Waals surface area contributed by atoms with E-state index in [4.69, 9.17) is 12.2 Å². The van der Waals surface area contributed by atoms with Gasteiger partial charge in [0.1, 0.15) is 0 Å². The molecule has 1 aliphatic rings. The quantitative estimate of drug-likeness (QED) is 0.501. The summed E-state index contributed by atoms with van der Waals surface area (Å²) >= 11 is 4.75. The summed E-state index contributed by atoms with van der Waals surface area (Å²) in [6.07, 6.45) is 1.65. The summed E-state index contributed by atoms with van der Waals surface area (Å²) in [7, 11) is 0. The lowest BCUT2D eigenvalue weighted by Gasteiger charge is -1.98. The molecule has 0 saturated carbocycles. The van der Waals surface area contributed by atoms with Crippen LogP contribution in [0.5, 0.6) is 0 Å². The van der Waals surface area contributed by atoms with Gasteiger partial charge >= 0.3 is 0 Å². The molecule has 0 amide bonds. The van der Waals surface area contributed by atoms with E-state index in [1.165, 1.54) is 0 Å². The standard InChI is InChI=1S/C8H7N5OS/c1-2-3-9-7-11-5-4(6(14)13-7)10-8(15)12-5/h2H,1,3H2,(H2,9,11,12,13,14,15). The number of aromatic amines is 1. The van der Waals surface area contributed by atoms with Gasteiger partial charge in [0.2, 0.25) is 11.1 Å². The first-order chi connectivity index (χ1) is 7.20. The molecule has 76 valence electrons. The average Bonchev–Trinajstić information content (AvgIpc) is 2.56. The Kier molecular flexibility index (Phi) is 2.38. The van der Waals surface area contributed by atoms with Crippen molar-refractivity contribution in [3.05, 3.63) is 33.9 Å². The van der Waals surface area contributed by atoms with Crippen molar-refractivity contribution >= 4 is 23.3 Å².